The average Bonchev–Trinajstić information content (AvgIpc) is 3.39. The molecule has 1 fully saturated rings. The van der Waals surface area contributed by atoms with Gasteiger partial charge >= 0.3 is 6.09 Å². The van der Waals surface area contributed by atoms with E-state index in [0.29, 0.717) is 18.4 Å². The van der Waals surface area contributed by atoms with Gasteiger partial charge in [0.2, 0.25) is 0 Å². The monoisotopic (exact) mass is 479 g/mol. The van der Waals surface area contributed by atoms with Crippen LogP contribution in [0.1, 0.15) is 51.1 Å². The van der Waals surface area contributed by atoms with Crippen molar-refractivity contribution in [3.05, 3.63) is 72.4 Å². The number of halogens is 1. The maximum Gasteiger partial charge on any atom is 0.407 e. The summed E-state index contributed by atoms with van der Waals surface area (Å²) in [6.07, 6.45) is 5.93. The molecule has 1 amide bonds. The van der Waals surface area contributed by atoms with Crippen LogP contribution in [0.2, 0.25) is 0 Å². The number of piperidine rings is 1. The molecule has 1 aliphatic heterocycles. The Morgan fingerprint density at radius 3 is 2.71 bits per heavy atom. The van der Waals surface area contributed by atoms with Gasteiger partial charge in [-0.3, -0.25) is 0 Å². The lowest BCUT2D eigenvalue weighted by Gasteiger charge is -2.40. The summed E-state index contributed by atoms with van der Waals surface area (Å²) in [5, 5.41) is 9.95. The van der Waals surface area contributed by atoms with E-state index in [2.05, 4.69) is 18.7 Å². The standard InChI is InChI=1S/C28H34FN3O3/c1-3-4-14-32(28(33)34)26(23-13-16-35-19-23)17-22-12-15-31(18-20(22)2)27-7-5-6-25(30-27)21-8-10-24(29)11-9-21/h5-11,13,16,19-20,22,26H,3-4,12,14-15,17-18H2,1-2H3,(H,33,34). The van der Waals surface area contributed by atoms with E-state index in [9.17, 15) is 14.3 Å². The van der Waals surface area contributed by atoms with Crippen molar-refractivity contribution < 1.29 is 18.7 Å². The molecular formula is C28H34FN3O3. The van der Waals surface area contributed by atoms with Gasteiger partial charge in [0, 0.05) is 30.8 Å². The number of carboxylic acid groups (broad SMARTS) is 1. The lowest BCUT2D eigenvalue weighted by molar-refractivity contribution is 0.106. The minimum Gasteiger partial charge on any atom is -0.472 e. The molecule has 7 heteroatoms. The molecule has 3 atom stereocenters. The Kier molecular flexibility index (Phi) is 8.06. The highest BCUT2D eigenvalue weighted by Crippen LogP contribution is 2.37. The Morgan fingerprint density at radius 1 is 1.26 bits per heavy atom. The summed E-state index contributed by atoms with van der Waals surface area (Å²) in [4.78, 5) is 20.9. The molecule has 1 saturated heterocycles. The van der Waals surface area contributed by atoms with Crippen LogP contribution in [0.25, 0.3) is 11.3 Å². The highest BCUT2D eigenvalue weighted by atomic mass is 19.1. The van der Waals surface area contributed by atoms with Gasteiger partial charge in [-0.2, -0.15) is 0 Å². The summed E-state index contributed by atoms with van der Waals surface area (Å²) in [6.45, 7) is 6.54. The number of benzene rings is 1. The first kappa shape index (κ1) is 24.8. The second-order valence-electron chi connectivity index (χ2n) is 9.50. The number of furan rings is 1. The Balaban J connectivity index is 1.46. The fraction of sp³-hybridized carbons (Fsp3) is 0.429. The molecule has 1 aromatic carbocycles. The number of rotatable bonds is 9. The molecule has 0 spiro atoms. The van der Waals surface area contributed by atoms with Crippen molar-refractivity contribution in [1.82, 2.24) is 9.88 Å². The molecule has 2 aromatic heterocycles. The molecule has 3 aromatic rings. The molecular weight excluding hydrogens is 445 g/mol. The Hall–Kier alpha value is -3.35. The number of anilines is 1. The van der Waals surface area contributed by atoms with Crippen molar-refractivity contribution >= 4 is 11.9 Å². The van der Waals surface area contributed by atoms with Crippen LogP contribution < -0.4 is 4.90 Å². The zero-order chi connectivity index (χ0) is 24.8. The van der Waals surface area contributed by atoms with Crippen LogP contribution in [0.3, 0.4) is 0 Å². The number of carbonyl (C=O) groups is 1. The molecule has 0 radical (unpaired) electrons. The summed E-state index contributed by atoms with van der Waals surface area (Å²) in [5.74, 6) is 1.41. The molecule has 3 unspecified atom stereocenters. The van der Waals surface area contributed by atoms with Crippen molar-refractivity contribution in [3.63, 3.8) is 0 Å². The van der Waals surface area contributed by atoms with Crippen molar-refractivity contribution in [2.45, 2.75) is 45.6 Å². The summed E-state index contributed by atoms with van der Waals surface area (Å²) in [7, 11) is 0. The number of unbranched alkanes of at least 4 members (excludes halogenated alkanes) is 1. The van der Waals surface area contributed by atoms with Crippen LogP contribution in [0.5, 0.6) is 0 Å². The van der Waals surface area contributed by atoms with Crippen molar-refractivity contribution in [3.8, 4) is 11.3 Å². The number of nitrogens with zero attached hydrogens (tertiary/aromatic N) is 3. The molecule has 0 bridgehead atoms. The molecule has 0 aliphatic carbocycles. The van der Waals surface area contributed by atoms with Gasteiger partial charge < -0.3 is 19.3 Å². The maximum atomic E-state index is 13.3. The average molecular weight is 480 g/mol. The summed E-state index contributed by atoms with van der Waals surface area (Å²) in [6, 6.07) is 14.0. The van der Waals surface area contributed by atoms with Crippen LogP contribution in [-0.2, 0) is 0 Å². The van der Waals surface area contributed by atoms with Crippen LogP contribution in [0, 0.1) is 17.7 Å². The quantitative estimate of drug-likeness (QED) is 0.363. The van der Waals surface area contributed by atoms with Gasteiger partial charge in [-0.1, -0.05) is 26.3 Å². The predicted octanol–water partition coefficient (Wildman–Crippen LogP) is 6.85. The van der Waals surface area contributed by atoms with Gasteiger partial charge in [0.1, 0.15) is 11.6 Å². The van der Waals surface area contributed by atoms with Crippen LogP contribution in [0.15, 0.2) is 65.5 Å². The molecule has 35 heavy (non-hydrogen) atoms. The van der Waals surface area contributed by atoms with E-state index in [-0.39, 0.29) is 11.9 Å². The number of aromatic nitrogens is 1. The van der Waals surface area contributed by atoms with Crippen LogP contribution >= 0.6 is 0 Å². The first-order chi connectivity index (χ1) is 17.0. The Bertz CT molecular complexity index is 1090. The molecule has 6 nitrogen and oxygen atoms in total. The predicted molar refractivity (Wildman–Crippen MR) is 135 cm³/mol. The summed E-state index contributed by atoms with van der Waals surface area (Å²) < 4.78 is 18.6. The minimum atomic E-state index is -0.878. The normalized spacial score (nSPS) is 18.9. The lowest BCUT2D eigenvalue weighted by Crippen LogP contribution is -2.42. The summed E-state index contributed by atoms with van der Waals surface area (Å²) >= 11 is 0. The minimum absolute atomic E-state index is 0.211. The van der Waals surface area contributed by atoms with E-state index >= 15 is 0 Å². The van der Waals surface area contributed by atoms with Gasteiger partial charge in [0.15, 0.2) is 0 Å². The van der Waals surface area contributed by atoms with Gasteiger partial charge in [0.25, 0.3) is 0 Å². The van der Waals surface area contributed by atoms with E-state index in [4.69, 9.17) is 9.40 Å². The molecule has 0 saturated carbocycles. The van der Waals surface area contributed by atoms with Crippen molar-refractivity contribution in [2.24, 2.45) is 11.8 Å². The van der Waals surface area contributed by atoms with Crippen molar-refractivity contribution in [1.29, 1.82) is 0 Å². The molecule has 3 heterocycles. The number of pyridine rings is 1. The number of amides is 1. The third-order valence-electron chi connectivity index (χ3n) is 7.11. The number of hydrogen-bond acceptors (Lipinski definition) is 4. The highest BCUT2D eigenvalue weighted by molar-refractivity contribution is 5.66. The molecule has 186 valence electrons. The van der Waals surface area contributed by atoms with Gasteiger partial charge in [0.05, 0.1) is 24.3 Å². The zero-order valence-electron chi connectivity index (χ0n) is 20.4. The first-order valence-electron chi connectivity index (χ1n) is 12.5. The van der Waals surface area contributed by atoms with Gasteiger partial charge in [-0.15, -0.1) is 0 Å². The van der Waals surface area contributed by atoms with Gasteiger partial charge in [-0.25, -0.2) is 14.2 Å². The zero-order valence-corrected chi connectivity index (χ0v) is 20.4. The highest BCUT2D eigenvalue weighted by Gasteiger charge is 2.33. The third kappa shape index (κ3) is 6.02. The SMILES string of the molecule is CCCCN(C(=O)O)C(CC1CCN(c2cccc(-c3ccc(F)cc3)n2)CC1C)c1ccoc1. The summed E-state index contributed by atoms with van der Waals surface area (Å²) in [5.41, 5.74) is 2.64. The van der Waals surface area contributed by atoms with E-state index < -0.39 is 6.09 Å². The molecule has 1 N–H and O–H groups in total. The van der Waals surface area contributed by atoms with Crippen LogP contribution in [-0.4, -0.2) is 40.7 Å². The second-order valence-corrected chi connectivity index (χ2v) is 9.50. The van der Waals surface area contributed by atoms with Gasteiger partial charge in [-0.05, 0) is 73.6 Å². The fourth-order valence-electron chi connectivity index (χ4n) is 5.04. The maximum absolute atomic E-state index is 13.3. The number of hydrogen-bond donors (Lipinski definition) is 1. The second kappa shape index (κ2) is 11.4. The Labute approximate surface area is 206 Å². The van der Waals surface area contributed by atoms with E-state index in [0.717, 1.165) is 61.4 Å². The third-order valence-corrected chi connectivity index (χ3v) is 7.11. The lowest BCUT2D eigenvalue weighted by atomic mass is 9.81. The fourth-order valence-corrected chi connectivity index (χ4v) is 5.04. The van der Waals surface area contributed by atoms with E-state index in [1.165, 1.54) is 12.1 Å². The van der Waals surface area contributed by atoms with Crippen molar-refractivity contribution in [2.75, 3.05) is 24.5 Å². The van der Waals surface area contributed by atoms with Crippen LogP contribution in [0.4, 0.5) is 15.0 Å². The largest absolute Gasteiger partial charge is 0.472 e. The first-order valence-corrected chi connectivity index (χ1v) is 12.5. The Morgan fingerprint density at radius 2 is 2.06 bits per heavy atom. The van der Waals surface area contributed by atoms with E-state index in [1.54, 1.807) is 29.6 Å². The topological polar surface area (TPSA) is 69.8 Å². The van der Waals surface area contributed by atoms with E-state index in [1.807, 2.05) is 24.3 Å². The molecule has 1 aliphatic rings. The smallest absolute Gasteiger partial charge is 0.407 e. The molecule has 4 rings (SSSR count).